The van der Waals surface area contributed by atoms with Crippen molar-refractivity contribution in [1.29, 1.82) is 0 Å². The van der Waals surface area contributed by atoms with Crippen LogP contribution in [-0.2, 0) is 0 Å². The molecule has 0 fully saturated rings. The summed E-state index contributed by atoms with van der Waals surface area (Å²) >= 11 is 0. The van der Waals surface area contributed by atoms with Crippen LogP contribution in [0.15, 0.2) is 211 Å². The Morgan fingerprint density at radius 3 is 0.651 bits per heavy atom. The highest BCUT2D eigenvalue weighted by Gasteiger charge is 2.32. The van der Waals surface area contributed by atoms with Crippen molar-refractivity contribution in [2.45, 2.75) is 29.4 Å². The second-order valence-electron chi connectivity index (χ2n) is 10.5. The number of rotatable bonds is 12. The van der Waals surface area contributed by atoms with Crippen LogP contribution in [0.2, 0.25) is 0 Å². The minimum atomic E-state index is -1.46. The van der Waals surface area contributed by atoms with E-state index < -0.39 is 20.1 Å². The highest BCUT2D eigenvalue weighted by atomic mass is 32.3. The molecule has 0 heterocycles. The highest BCUT2D eigenvalue weighted by molar-refractivity contribution is 8.34. The first-order valence-electron chi connectivity index (χ1n) is 15.0. The molecule has 0 aliphatic rings. The molecule has 0 aliphatic heterocycles. The SMILES string of the molecule is c1ccc(S(CCNCCS(c2ccccc2)(c2ccccc2)c2ccccc2)(c2ccccc2)c2ccccc2)cc1. The largest absolute Gasteiger partial charge is 0.315 e. The maximum atomic E-state index is 3.96. The summed E-state index contributed by atoms with van der Waals surface area (Å²) in [6, 6.07) is 66.9. The highest BCUT2D eigenvalue weighted by Crippen LogP contribution is 2.69. The quantitative estimate of drug-likeness (QED) is 0.138. The van der Waals surface area contributed by atoms with Crippen molar-refractivity contribution in [3.05, 3.63) is 182 Å². The van der Waals surface area contributed by atoms with Gasteiger partial charge < -0.3 is 5.32 Å². The van der Waals surface area contributed by atoms with Gasteiger partial charge in [-0.25, -0.2) is 0 Å². The molecule has 0 saturated heterocycles. The van der Waals surface area contributed by atoms with E-state index >= 15 is 0 Å². The van der Waals surface area contributed by atoms with Crippen molar-refractivity contribution >= 4 is 20.1 Å². The Labute approximate surface area is 260 Å². The molecule has 0 atom stereocenters. The first-order valence-corrected chi connectivity index (χ1v) is 18.6. The standard InChI is InChI=1S/C40H39NS2/c1-7-19-35(20-8-1)42(36-21-9-2-10-22-36,37-23-11-3-12-24-37)33-31-41-32-34-43(38-25-13-4-14-26-38,39-27-15-5-16-28-39)40-29-17-6-18-30-40/h1-30,41H,31-34H2. The smallest absolute Gasteiger partial charge is 0.00374 e. The zero-order valence-electron chi connectivity index (χ0n) is 24.5. The molecule has 0 aliphatic carbocycles. The molecule has 43 heavy (non-hydrogen) atoms. The van der Waals surface area contributed by atoms with Gasteiger partial charge in [0.2, 0.25) is 0 Å². The molecule has 0 spiro atoms. The fourth-order valence-electron chi connectivity index (χ4n) is 6.02. The summed E-state index contributed by atoms with van der Waals surface area (Å²) in [5.74, 6) is 2.07. The van der Waals surface area contributed by atoms with Crippen LogP contribution in [0.5, 0.6) is 0 Å². The van der Waals surface area contributed by atoms with E-state index in [1.807, 2.05) is 0 Å². The van der Waals surface area contributed by atoms with Crippen molar-refractivity contribution < 1.29 is 0 Å². The Morgan fingerprint density at radius 2 is 0.465 bits per heavy atom. The number of hydrogen-bond acceptors (Lipinski definition) is 1. The van der Waals surface area contributed by atoms with E-state index in [4.69, 9.17) is 0 Å². The van der Waals surface area contributed by atoms with Crippen LogP contribution in [0.3, 0.4) is 0 Å². The third kappa shape index (κ3) is 6.07. The predicted molar refractivity (Wildman–Crippen MR) is 186 cm³/mol. The Morgan fingerprint density at radius 1 is 0.279 bits per heavy atom. The van der Waals surface area contributed by atoms with E-state index in [9.17, 15) is 0 Å². The lowest BCUT2D eigenvalue weighted by Crippen LogP contribution is -2.27. The molecular formula is C40H39NS2. The lowest BCUT2D eigenvalue weighted by atomic mass is 10.4. The van der Waals surface area contributed by atoms with E-state index in [1.54, 1.807) is 0 Å². The fraction of sp³-hybridized carbons (Fsp3) is 0.100. The number of hydrogen-bond donors (Lipinski definition) is 1. The second kappa shape index (κ2) is 14.0. The first-order chi connectivity index (χ1) is 21.3. The molecule has 0 radical (unpaired) electrons. The summed E-state index contributed by atoms with van der Waals surface area (Å²) in [5.41, 5.74) is 0. The third-order valence-electron chi connectivity index (χ3n) is 8.04. The van der Waals surface area contributed by atoms with Crippen LogP contribution < -0.4 is 5.32 Å². The minimum absolute atomic E-state index is 0.932. The van der Waals surface area contributed by atoms with Gasteiger partial charge in [-0.05, 0) is 102 Å². The average Bonchev–Trinajstić information content (AvgIpc) is 3.11. The van der Waals surface area contributed by atoms with Crippen molar-refractivity contribution in [2.75, 3.05) is 24.6 Å². The maximum absolute atomic E-state index is 3.96. The molecule has 216 valence electrons. The van der Waals surface area contributed by atoms with Gasteiger partial charge in [0.1, 0.15) is 0 Å². The van der Waals surface area contributed by atoms with Gasteiger partial charge in [0.25, 0.3) is 0 Å². The number of benzene rings is 6. The van der Waals surface area contributed by atoms with Gasteiger partial charge in [-0.2, -0.15) is 20.1 Å². The summed E-state index contributed by atoms with van der Waals surface area (Å²) in [6.07, 6.45) is 0. The van der Waals surface area contributed by atoms with E-state index in [1.165, 1.54) is 29.4 Å². The molecule has 6 rings (SSSR count). The molecule has 0 amide bonds. The van der Waals surface area contributed by atoms with Crippen LogP contribution in [-0.4, -0.2) is 24.6 Å². The molecule has 1 N–H and O–H groups in total. The van der Waals surface area contributed by atoms with Gasteiger partial charge in [0.15, 0.2) is 0 Å². The van der Waals surface area contributed by atoms with E-state index in [2.05, 4.69) is 187 Å². The van der Waals surface area contributed by atoms with Gasteiger partial charge in [-0.15, -0.1) is 0 Å². The summed E-state index contributed by atoms with van der Waals surface area (Å²) in [7, 11) is -2.92. The van der Waals surface area contributed by atoms with Crippen LogP contribution in [0.4, 0.5) is 0 Å². The first kappa shape index (κ1) is 29.1. The summed E-state index contributed by atoms with van der Waals surface area (Å²) in [4.78, 5) is 8.46. The normalized spacial score (nSPS) is 12.5. The molecule has 0 saturated carbocycles. The van der Waals surface area contributed by atoms with Crippen LogP contribution in [0.1, 0.15) is 0 Å². The van der Waals surface area contributed by atoms with Crippen LogP contribution in [0, 0.1) is 0 Å². The van der Waals surface area contributed by atoms with Gasteiger partial charge >= 0.3 is 0 Å². The molecule has 6 aromatic carbocycles. The lowest BCUT2D eigenvalue weighted by Gasteiger charge is -2.43. The summed E-state index contributed by atoms with van der Waals surface area (Å²) in [6.45, 7) is 1.86. The average molecular weight is 598 g/mol. The van der Waals surface area contributed by atoms with Crippen molar-refractivity contribution in [3.8, 4) is 0 Å². The molecular weight excluding hydrogens is 559 g/mol. The molecule has 3 heteroatoms. The van der Waals surface area contributed by atoms with Crippen LogP contribution in [0.25, 0.3) is 0 Å². The Balaban J connectivity index is 1.33. The second-order valence-corrected chi connectivity index (χ2v) is 17.1. The number of nitrogens with one attached hydrogen (secondary N) is 1. The van der Waals surface area contributed by atoms with Crippen molar-refractivity contribution in [3.63, 3.8) is 0 Å². The van der Waals surface area contributed by atoms with E-state index in [0.29, 0.717) is 0 Å². The van der Waals surface area contributed by atoms with Gasteiger partial charge in [0, 0.05) is 24.6 Å². The fourth-order valence-corrected chi connectivity index (χ4v) is 13.7. The summed E-state index contributed by atoms with van der Waals surface area (Å²) in [5, 5.41) is 3.96. The Hall–Kier alpha value is -4.02. The topological polar surface area (TPSA) is 12.0 Å². The molecule has 0 bridgehead atoms. The zero-order valence-corrected chi connectivity index (χ0v) is 26.1. The monoisotopic (exact) mass is 597 g/mol. The minimum Gasteiger partial charge on any atom is -0.315 e. The predicted octanol–water partition coefficient (Wildman–Crippen LogP) is 10.5. The zero-order chi connectivity index (χ0) is 29.2. The van der Waals surface area contributed by atoms with Gasteiger partial charge in [-0.3, -0.25) is 0 Å². The molecule has 1 nitrogen and oxygen atoms in total. The van der Waals surface area contributed by atoms with Crippen molar-refractivity contribution in [2.24, 2.45) is 0 Å². The molecule has 0 unspecified atom stereocenters. The Bertz CT molecular complexity index is 1340. The van der Waals surface area contributed by atoms with E-state index in [0.717, 1.165) is 24.6 Å². The van der Waals surface area contributed by atoms with Crippen molar-refractivity contribution in [1.82, 2.24) is 5.32 Å². The maximum Gasteiger partial charge on any atom is 0.00374 e. The van der Waals surface area contributed by atoms with Crippen LogP contribution >= 0.6 is 20.1 Å². The third-order valence-corrected chi connectivity index (χ3v) is 16.1. The van der Waals surface area contributed by atoms with Gasteiger partial charge in [-0.1, -0.05) is 109 Å². The molecule has 6 aromatic rings. The van der Waals surface area contributed by atoms with Gasteiger partial charge in [0.05, 0.1) is 0 Å². The summed E-state index contributed by atoms with van der Waals surface area (Å²) < 4.78 is 0. The van der Waals surface area contributed by atoms with E-state index in [-0.39, 0.29) is 0 Å². The Kier molecular flexibility index (Phi) is 9.44. The lowest BCUT2D eigenvalue weighted by molar-refractivity contribution is 0.767. The molecule has 0 aromatic heterocycles.